The number of cyclic esters (lactones) is 1. The standard InChI is InChI=1S/C30H32ClNO5/c1-18-23(16-26(33)28-29(34)27(37-30(28)35)14-19-6-4-3-5-7-19)24-15-22(36-2)12-13-25(24)32(18)17-20-8-10-21(31)11-9-20/h8-13,15,19,27,34H,3-7,14,16-17H2,1-2H3. The van der Waals surface area contributed by atoms with E-state index in [2.05, 4.69) is 4.57 Å². The SMILES string of the molecule is COc1ccc2c(c1)c(CC(=O)C1=C(O)C(CC3CCCCC3)OC1=O)c(C)n2Cc1ccc(Cl)cc1. The smallest absolute Gasteiger partial charge is 0.346 e. The molecule has 1 fully saturated rings. The van der Waals surface area contributed by atoms with E-state index >= 15 is 0 Å². The zero-order valence-corrected chi connectivity index (χ0v) is 22.0. The Hall–Kier alpha value is -3.25. The number of ketones is 1. The molecule has 7 heteroatoms. The van der Waals surface area contributed by atoms with Gasteiger partial charge in [-0.2, -0.15) is 0 Å². The molecule has 5 rings (SSSR count). The van der Waals surface area contributed by atoms with Crippen molar-refractivity contribution in [2.75, 3.05) is 7.11 Å². The Bertz CT molecular complexity index is 1360. The molecule has 1 unspecified atom stereocenters. The van der Waals surface area contributed by atoms with Gasteiger partial charge in [0.15, 0.2) is 17.6 Å². The number of nitrogens with zero attached hydrogens (tertiary/aromatic N) is 1. The Morgan fingerprint density at radius 3 is 2.57 bits per heavy atom. The van der Waals surface area contributed by atoms with E-state index in [0.717, 1.165) is 53.4 Å². The fourth-order valence-electron chi connectivity index (χ4n) is 5.76. The van der Waals surface area contributed by atoms with Gasteiger partial charge in [0.05, 0.1) is 7.11 Å². The van der Waals surface area contributed by atoms with Gasteiger partial charge in [-0.25, -0.2) is 4.79 Å². The molecule has 0 spiro atoms. The molecule has 1 atom stereocenters. The second-order valence-corrected chi connectivity index (χ2v) is 10.6. The first-order valence-corrected chi connectivity index (χ1v) is 13.3. The van der Waals surface area contributed by atoms with Crippen LogP contribution in [0.4, 0.5) is 0 Å². The molecule has 3 aromatic rings. The summed E-state index contributed by atoms with van der Waals surface area (Å²) in [5.74, 6) is -0.266. The number of aliphatic hydroxyl groups is 1. The van der Waals surface area contributed by atoms with Gasteiger partial charge in [0.2, 0.25) is 0 Å². The van der Waals surface area contributed by atoms with Gasteiger partial charge in [-0.05, 0) is 60.7 Å². The molecule has 1 aromatic heterocycles. The second-order valence-electron chi connectivity index (χ2n) is 10.2. The summed E-state index contributed by atoms with van der Waals surface area (Å²) in [6, 6.07) is 13.5. The van der Waals surface area contributed by atoms with Crippen LogP contribution in [0.5, 0.6) is 5.75 Å². The normalized spacial score (nSPS) is 18.5. The van der Waals surface area contributed by atoms with Crippen molar-refractivity contribution in [3.05, 3.63) is 75.6 Å². The van der Waals surface area contributed by atoms with Crippen molar-refractivity contribution >= 4 is 34.3 Å². The predicted molar refractivity (Wildman–Crippen MR) is 143 cm³/mol. The molecule has 0 saturated heterocycles. The molecule has 0 radical (unpaired) electrons. The first kappa shape index (κ1) is 25.4. The van der Waals surface area contributed by atoms with Crippen LogP contribution in [0.2, 0.25) is 5.02 Å². The summed E-state index contributed by atoms with van der Waals surface area (Å²) in [6.45, 7) is 2.57. The number of halogens is 1. The topological polar surface area (TPSA) is 77.8 Å². The third-order valence-electron chi connectivity index (χ3n) is 7.82. The average molecular weight is 522 g/mol. The van der Waals surface area contributed by atoms with Gasteiger partial charge < -0.3 is 19.1 Å². The fourth-order valence-corrected chi connectivity index (χ4v) is 5.88. The Morgan fingerprint density at radius 1 is 1.14 bits per heavy atom. The molecule has 1 N–H and O–H groups in total. The molecule has 194 valence electrons. The molecular formula is C30H32ClNO5. The number of carbonyl (C=O) groups is 2. The minimum atomic E-state index is -0.720. The first-order chi connectivity index (χ1) is 17.9. The van der Waals surface area contributed by atoms with Gasteiger partial charge in [0.25, 0.3) is 0 Å². The molecule has 0 amide bonds. The molecular weight excluding hydrogens is 490 g/mol. The lowest BCUT2D eigenvalue weighted by Crippen LogP contribution is -2.18. The zero-order chi connectivity index (χ0) is 26.1. The van der Waals surface area contributed by atoms with E-state index in [0.29, 0.717) is 29.7 Å². The lowest BCUT2D eigenvalue weighted by Gasteiger charge is -2.23. The van der Waals surface area contributed by atoms with E-state index in [-0.39, 0.29) is 17.8 Å². The number of ether oxygens (including phenoxy) is 2. The number of rotatable bonds is 8. The summed E-state index contributed by atoms with van der Waals surface area (Å²) in [4.78, 5) is 26.1. The van der Waals surface area contributed by atoms with E-state index in [4.69, 9.17) is 21.1 Å². The maximum atomic E-state index is 13.5. The Balaban J connectivity index is 1.46. The number of Topliss-reactive ketones (excluding diaryl/α,β-unsaturated/α-hetero) is 1. The van der Waals surface area contributed by atoms with E-state index in [1.807, 2.05) is 49.4 Å². The van der Waals surface area contributed by atoms with E-state index in [1.54, 1.807) is 7.11 Å². The molecule has 37 heavy (non-hydrogen) atoms. The number of carbonyl (C=O) groups excluding carboxylic acids is 2. The number of benzene rings is 2. The fraction of sp³-hybridized carbons (Fsp3) is 0.400. The Labute approximate surface area is 221 Å². The number of hydrogen-bond donors (Lipinski definition) is 1. The third-order valence-corrected chi connectivity index (χ3v) is 8.07. The summed E-state index contributed by atoms with van der Waals surface area (Å²) in [5, 5.41) is 12.4. The van der Waals surface area contributed by atoms with E-state index in [9.17, 15) is 14.7 Å². The molecule has 2 aliphatic rings. The molecule has 1 aliphatic heterocycles. The maximum Gasteiger partial charge on any atom is 0.346 e. The number of aliphatic hydroxyl groups excluding tert-OH is 1. The summed E-state index contributed by atoms with van der Waals surface area (Å²) < 4.78 is 13.1. The van der Waals surface area contributed by atoms with Crippen LogP contribution in [0.1, 0.15) is 55.3 Å². The van der Waals surface area contributed by atoms with Crippen LogP contribution in [-0.2, 0) is 27.3 Å². The minimum absolute atomic E-state index is 0.0201. The lowest BCUT2D eigenvalue weighted by atomic mass is 9.85. The first-order valence-electron chi connectivity index (χ1n) is 12.9. The van der Waals surface area contributed by atoms with Gasteiger partial charge in [-0.15, -0.1) is 0 Å². The molecule has 6 nitrogen and oxygen atoms in total. The van der Waals surface area contributed by atoms with Crippen LogP contribution in [0.3, 0.4) is 0 Å². The number of hydrogen-bond acceptors (Lipinski definition) is 5. The average Bonchev–Trinajstić information content (AvgIpc) is 3.32. The maximum absolute atomic E-state index is 13.5. The van der Waals surface area contributed by atoms with Gasteiger partial charge in [-0.3, -0.25) is 4.79 Å². The molecule has 0 bridgehead atoms. The van der Waals surface area contributed by atoms with Gasteiger partial charge in [0.1, 0.15) is 11.3 Å². The zero-order valence-electron chi connectivity index (χ0n) is 21.3. The number of fused-ring (bicyclic) bond motifs is 1. The van der Waals surface area contributed by atoms with Gasteiger partial charge in [-0.1, -0.05) is 55.8 Å². The molecule has 1 saturated carbocycles. The van der Waals surface area contributed by atoms with Crippen LogP contribution in [0.25, 0.3) is 10.9 Å². The largest absolute Gasteiger partial charge is 0.507 e. The van der Waals surface area contributed by atoms with Crippen molar-refractivity contribution in [3.63, 3.8) is 0 Å². The predicted octanol–water partition coefficient (Wildman–Crippen LogP) is 6.48. The summed E-state index contributed by atoms with van der Waals surface area (Å²) >= 11 is 6.07. The lowest BCUT2D eigenvalue weighted by molar-refractivity contribution is -0.141. The van der Waals surface area contributed by atoms with Crippen LogP contribution < -0.4 is 4.74 Å². The highest BCUT2D eigenvalue weighted by Gasteiger charge is 2.39. The molecule has 2 heterocycles. The van der Waals surface area contributed by atoms with Crippen LogP contribution in [-0.4, -0.2) is 34.6 Å². The van der Waals surface area contributed by atoms with Crippen molar-refractivity contribution in [2.24, 2.45) is 5.92 Å². The van der Waals surface area contributed by atoms with Gasteiger partial charge in [0, 0.05) is 34.6 Å². The summed E-state index contributed by atoms with van der Waals surface area (Å²) in [5.41, 5.74) is 3.54. The van der Waals surface area contributed by atoms with Gasteiger partial charge >= 0.3 is 5.97 Å². The Morgan fingerprint density at radius 2 is 1.86 bits per heavy atom. The minimum Gasteiger partial charge on any atom is -0.507 e. The van der Waals surface area contributed by atoms with Crippen molar-refractivity contribution in [1.82, 2.24) is 4.57 Å². The number of aromatic nitrogens is 1. The third kappa shape index (κ3) is 5.12. The Kier molecular flexibility index (Phi) is 7.29. The monoisotopic (exact) mass is 521 g/mol. The van der Waals surface area contributed by atoms with Crippen LogP contribution in [0, 0.1) is 12.8 Å². The van der Waals surface area contributed by atoms with Crippen LogP contribution >= 0.6 is 11.6 Å². The molecule has 2 aromatic carbocycles. The molecule has 1 aliphatic carbocycles. The number of esters is 1. The van der Waals surface area contributed by atoms with E-state index < -0.39 is 17.9 Å². The van der Waals surface area contributed by atoms with Crippen molar-refractivity contribution in [1.29, 1.82) is 0 Å². The highest BCUT2D eigenvalue weighted by Crippen LogP contribution is 2.35. The quantitative estimate of drug-likeness (QED) is 0.271. The second kappa shape index (κ2) is 10.6. The summed E-state index contributed by atoms with van der Waals surface area (Å²) in [7, 11) is 1.60. The van der Waals surface area contributed by atoms with Crippen molar-refractivity contribution in [3.8, 4) is 5.75 Å². The van der Waals surface area contributed by atoms with Crippen molar-refractivity contribution in [2.45, 2.75) is 64.5 Å². The van der Waals surface area contributed by atoms with Crippen molar-refractivity contribution < 1.29 is 24.2 Å². The van der Waals surface area contributed by atoms with E-state index in [1.165, 1.54) is 6.42 Å². The number of methoxy groups -OCH3 is 1. The van der Waals surface area contributed by atoms with Crippen LogP contribution in [0.15, 0.2) is 53.8 Å². The highest BCUT2D eigenvalue weighted by atomic mass is 35.5. The summed E-state index contributed by atoms with van der Waals surface area (Å²) in [6.07, 6.45) is 5.51. The highest BCUT2D eigenvalue weighted by molar-refractivity contribution is 6.30.